The van der Waals surface area contributed by atoms with Crippen molar-refractivity contribution in [2.75, 3.05) is 139 Å². The second-order valence-corrected chi connectivity index (χ2v) is 22.9. The van der Waals surface area contributed by atoms with Crippen molar-refractivity contribution in [3.63, 3.8) is 0 Å². The molecule has 0 aromatic heterocycles. The summed E-state index contributed by atoms with van der Waals surface area (Å²) in [6.45, 7) is 0.741. The maximum absolute atomic E-state index is 14.6. The van der Waals surface area contributed by atoms with Gasteiger partial charge in [0.05, 0.1) is 126 Å². The van der Waals surface area contributed by atoms with Crippen LogP contribution in [0.15, 0.2) is 84.9 Å². The van der Waals surface area contributed by atoms with Gasteiger partial charge in [0, 0.05) is 38.3 Å². The molecule has 24 heteroatoms. The molecule has 0 radical (unpaired) electrons. The van der Waals surface area contributed by atoms with Crippen molar-refractivity contribution in [2.45, 2.75) is 82.1 Å². The molecule has 4 unspecified atom stereocenters. The van der Waals surface area contributed by atoms with Crippen LogP contribution in [0, 0.1) is 0 Å². The molecule has 4 atom stereocenters. The standard InChI is InChI=1S/C73H90N2O22/c1-80-54-20-18-44(30-56(54)82-3)28-52-50-40-60(86-7)58(84-5)38-48(50)22-24-74(52)42-66(96-68(76)36-46-32-62(88-9)70(92-13)63(33-46)89-10)72(78)94-26-16-15-17-27-95-73(79)67(97-69(77)37-47-34-64(90-11)71(93-14)65(35-47)91-12)43-75-25-23-49-39-59(85-6)61(87-8)41-51(49)53(75)29-45-19-21-55(81-2)57(31-45)83-4/h18-21,30-35,38-41,52-53,66-67H,15-17,22-29,36-37,42-43H2,1-14H3. The molecule has 0 spiro atoms. The number of hydrogen-bond donors (Lipinski definition) is 0. The molecular weight excluding hydrogens is 1260 g/mol. The van der Waals surface area contributed by atoms with E-state index in [4.69, 9.17) is 85.3 Å². The van der Waals surface area contributed by atoms with Crippen LogP contribution in [-0.4, -0.2) is 185 Å². The summed E-state index contributed by atoms with van der Waals surface area (Å²) < 4.78 is 103. The second-order valence-electron chi connectivity index (χ2n) is 22.9. The number of carbonyl (C=O) groups is 4. The van der Waals surface area contributed by atoms with E-state index in [2.05, 4.69) is 9.80 Å². The van der Waals surface area contributed by atoms with Crippen LogP contribution in [0.5, 0.6) is 80.5 Å². The van der Waals surface area contributed by atoms with Gasteiger partial charge >= 0.3 is 23.9 Å². The highest BCUT2D eigenvalue weighted by Gasteiger charge is 2.38. The third-order valence-electron chi connectivity index (χ3n) is 17.3. The molecule has 0 saturated heterocycles. The van der Waals surface area contributed by atoms with Crippen molar-refractivity contribution < 1.29 is 104 Å². The Balaban J connectivity index is 1.00. The molecule has 24 nitrogen and oxygen atoms in total. The molecule has 6 aromatic rings. The zero-order valence-corrected chi connectivity index (χ0v) is 57.9. The van der Waals surface area contributed by atoms with Crippen molar-refractivity contribution in [3.8, 4) is 80.5 Å². The molecule has 0 N–H and O–H groups in total. The third kappa shape index (κ3) is 18.1. The first-order valence-corrected chi connectivity index (χ1v) is 31.7. The largest absolute Gasteiger partial charge is 0.493 e. The smallest absolute Gasteiger partial charge is 0.348 e. The number of benzene rings is 6. The predicted octanol–water partition coefficient (Wildman–Crippen LogP) is 9.36. The van der Waals surface area contributed by atoms with Crippen LogP contribution < -0.4 is 66.3 Å². The zero-order chi connectivity index (χ0) is 69.7. The highest BCUT2D eigenvalue weighted by atomic mass is 16.6. The first-order chi connectivity index (χ1) is 47.0. The number of hydrogen-bond acceptors (Lipinski definition) is 24. The molecule has 0 bridgehead atoms. The van der Waals surface area contributed by atoms with Gasteiger partial charge in [0.25, 0.3) is 0 Å². The number of rotatable bonds is 36. The van der Waals surface area contributed by atoms with Gasteiger partial charge in [-0.15, -0.1) is 0 Å². The minimum atomic E-state index is -1.39. The number of methoxy groups -OCH3 is 14. The third-order valence-corrected chi connectivity index (χ3v) is 17.3. The first kappa shape index (κ1) is 73.1. The van der Waals surface area contributed by atoms with Gasteiger partial charge in [-0.2, -0.15) is 0 Å². The summed E-state index contributed by atoms with van der Waals surface area (Å²) in [5.74, 6) is 3.55. The summed E-state index contributed by atoms with van der Waals surface area (Å²) in [7, 11) is 21.5. The summed E-state index contributed by atoms with van der Waals surface area (Å²) >= 11 is 0. The van der Waals surface area contributed by atoms with Crippen molar-refractivity contribution in [1.82, 2.24) is 9.80 Å². The molecule has 2 heterocycles. The van der Waals surface area contributed by atoms with E-state index in [0.29, 0.717) is 150 Å². The maximum Gasteiger partial charge on any atom is 0.348 e. The summed E-state index contributed by atoms with van der Waals surface area (Å²) in [4.78, 5) is 61.6. The van der Waals surface area contributed by atoms with Gasteiger partial charge in [-0.1, -0.05) is 12.1 Å². The van der Waals surface area contributed by atoms with Crippen LogP contribution in [0.2, 0.25) is 0 Å². The highest BCUT2D eigenvalue weighted by Crippen LogP contribution is 2.44. The highest BCUT2D eigenvalue weighted by molar-refractivity contribution is 5.82. The van der Waals surface area contributed by atoms with Crippen LogP contribution in [-0.2, 0) is 76.7 Å². The van der Waals surface area contributed by atoms with Gasteiger partial charge in [0.1, 0.15) is 0 Å². The number of nitrogens with zero attached hydrogens (tertiary/aromatic N) is 2. The lowest BCUT2D eigenvalue weighted by atomic mass is 9.87. The Labute approximate surface area is 566 Å². The van der Waals surface area contributed by atoms with E-state index in [1.165, 1.54) is 42.7 Å². The van der Waals surface area contributed by atoms with E-state index in [0.717, 1.165) is 33.4 Å². The molecule has 2 aliphatic heterocycles. The molecule has 2 aliphatic rings. The summed E-state index contributed by atoms with van der Waals surface area (Å²) in [5.41, 5.74) is 6.73. The minimum Gasteiger partial charge on any atom is -0.493 e. The molecule has 524 valence electrons. The van der Waals surface area contributed by atoms with E-state index in [1.54, 1.807) is 81.1 Å². The summed E-state index contributed by atoms with van der Waals surface area (Å²) in [6, 6.07) is 25.1. The topological polar surface area (TPSA) is 241 Å². The van der Waals surface area contributed by atoms with E-state index >= 15 is 0 Å². The van der Waals surface area contributed by atoms with Crippen LogP contribution in [0.3, 0.4) is 0 Å². The van der Waals surface area contributed by atoms with E-state index < -0.39 is 36.1 Å². The fourth-order valence-corrected chi connectivity index (χ4v) is 12.4. The Morgan fingerprint density at radius 2 is 0.670 bits per heavy atom. The number of ether oxygens (including phenoxy) is 18. The summed E-state index contributed by atoms with van der Waals surface area (Å²) in [5, 5.41) is 0. The lowest BCUT2D eigenvalue weighted by Crippen LogP contribution is -2.46. The van der Waals surface area contributed by atoms with Gasteiger partial charge in [-0.25, -0.2) is 9.59 Å². The van der Waals surface area contributed by atoms with Gasteiger partial charge in [-0.3, -0.25) is 19.4 Å². The predicted molar refractivity (Wildman–Crippen MR) is 357 cm³/mol. The molecule has 0 fully saturated rings. The van der Waals surface area contributed by atoms with E-state index in [1.807, 2.05) is 60.7 Å². The fraction of sp³-hybridized carbons (Fsp3) is 0.452. The van der Waals surface area contributed by atoms with Crippen LogP contribution in [0.1, 0.15) is 75.9 Å². The Bertz CT molecular complexity index is 3380. The maximum atomic E-state index is 14.6. The molecule has 97 heavy (non-hydrogen) atoms. The Hall–Kier alpha value is -9.68. The zero-order valence-electron chi connectivity index (χ0n) is 57.9. The Morgan fingerprint density at radius 3 is 0.990 bits per heavy atom. The molecule has 6 aromatic carbocycles. The first-order valence-electron chi connectivity index (χ1n) is 31.7. The average molecular weight is 1350 g/mol. The van der Waals surface area contributed by atoms with E-state index in [9.17, 15) is 19.2 Å². The molecular formula is C73H90N2O22. The monoisotopic (exact) mass is 1350 g/mol. The second kappa shape index (κ2) is 35.4. The van der Waals surface area contributed by atoms with E-state index in [-0.39, 0.29) is 51.2 Å². The number of unbranched alkanes of at least 4 members (excludes halogenated alkanes) is 2. The average Bonchev–Trinajstić information content (AvgIpc) is 0.790. The van der Waals surface area contributed by atoms with Crippen molar-refractivity contribution in [1.29, 1.82) is 0 Å². The van der Waals surface area contributed by atoms with Crippen molar-refractivity contribution in [2.24, 2.45) is 0 Å². The van der Waals surface area contributed by atoms with Crippen LogP contribution in [0.25, 0.3) is 0 Å². The van der Waals surface area contributed by atoms with Gasteiger partial charge in [0.2, 0.25) is 23.7 Å². The SMILES string of the molecule is COc1ccc(CC2c3cc(OC)c(OC)cc3CCN2CC(OC(=O)Cc2cc(OC)c(OC)c(OC)c2)C(=O)OCCCCCOC(=O)C(CN2CCc3cc(OC)c(OC)cc3C2Cc2ccc(OC)c(OC)c2)OC(=O)Cc2cc(OC)c(OC)c(OC)c2)cc1OC. The van der Waals surface area contributed by atoms with Crippen molar-refractivity contribution >= 4 is 23.9 Å². The molecule has 0 aliphatic carbocycles. The summed E-state index contributed by atoms with van der Waals surface area (Å²) in [6.07, 6.45) is -0.102. The molecule has 8 rings (SSSR count). The minimum absolute atomic E-state index is 0.0421. The van der Waals surface area contributed by atoms with Crippen LogP contribution in [0.4, 0.5) is 0 Å². The van der Waals surface area contributed by atoms with Crippen LogP contribution >= 0.6 is 0 Å². The number of carbonyl (C=O) groups excluding carboxylic acids is 4. The molecule has 0 saturated carbocycles. The van der Waals surface area contributed by atoms with Gasteiger partial charge in [-0.05, 0) is 162 Å². The lowest BCUT2D eigenvalue weighted by molar-refractivity contribution is -0.170. The van der Waals surface area contributed by atoms with Gasteiger partial charge in [0.15, 0.2) is 69.0 Å². The quantitative estimate of drug-likeness (QED) is 0.0202. The van der Waals surface area contributed by atoms with Gasteiger partial charge < -0.3 is 85.3 Å². The Morgan fingerprint density at radius 1 is 0.361 bits per heavy atom. The number of esters is 4. The van der Waals surface area contributed by atoms with Crippen molar-refractivity contribution in [3.05, 3.63) is 129 Å². The normalized spacial score (nSPS) is 14.8. The Kier molecular flexibility index (Phi) is 26.7. The fourth-order valence-electron chi connectivity index (χ4n) is 12.4. The molecule has 0 amide bonds. The lowest BCUT2D eigenvalue weighted by Gasteiger charge is -2.39. The number of fused-ring (bicyclic) bond motifs is 2.